The van der Waals surface area contributed by atoms with E-state index in [1.807, 2.05) is 0 Å². The highest BCUT2D eigenvalue weighted by atomic mass is 32.2. The molecule has 7 heteroatoms. The molecule has 0 fully saturated rings. The predicted molar refractivity (Wildman–Crippen MR) is 43.9 cm³/mol. The van der Waals surface area contributed by atoms with Gasteiger partial charge in [-0.15, -0.1) is 0 Å². The van der Waals surface area contributed by atoms with Gasteiger partial charge >= 0.3 is 5.97 Å². The number of aliphatic carboxylic acids is 1. The minimum absolute atomic E-state index is 0.0178. The third kappa shape index (κ3) is 1.93. The maximum atomic E-state index is 11.0. The number of ether oxygens (including phenoxy) is 1. The summed E-state index contributed by atoms with van der Waals surface area (Å²) in [7, 11) is -2.49. The van der Waals surface area contributed by atoms with E-state index in [4.69, 9.17) is 5.11 Å². The fraction of sp³-hybridized carbons (Fsp3) is 0.333. The third-order valence-corrected chi connectivity index (χ3v) is 2.67. The van der Waals surface area contributed by atoms with Crippen LogP contribution in [-0.2, 0) is 19.4 Å². The van der Waals surface area contributed by atoms with E-state index in [0.29, 0.717) is 0 Å². The van der Waals surface area contributed by atoms with Gasteiger partial charge in [-0.05, 0) is 0 Å². The SMILES string of the molecule is COCC1=CS(=O)(=O)C(C(=O)O)=N1. The summed E-state index contributed by atoms with van der Waals surface area (Å²) in [6, 6.07) is 0. The number of hydrogen-bond donors (Lipinski definition) is 1. The third-order valence-electron chi connectivity index (χ3n) is 1.28. The minimum Gasteiger partial charge on any atom is -0.476 e. The average molecular weight is 205 g/mol. The predicted octanol–water partition coefficient (Wildman–Crippen LogP) is -0.614. The summed E-state index contributed by atoms with van der Waals surface area (Å²) in [5, 5.41) is 8.39. The van der Waals surface area contributed by atoms with Gasteiger partial charge in [0.05, 0.1) is 17.7 Å². The Kier molecular flexibility index (Phi) is 2.48. The van der Waals surface area contributed by atoms with Crippen molar-refractivity contribution in [3.8, 4) is 0 Å². The van der Waals surface area contributed by atoms with Gasteiger partial charge < -0.3 is 9.84 Å². The summed E-state index contributed by atoms with van der Waals surface area (Å²) in [6.07, 6.45) is 0. The number of aliphatic imine (C=N–C) groups is 1. The second-order valence-electron chi connectivity index (χ2n) is 2.31. The Hall–Kier alpha value is -1.21. The number of carbonyl (C=O) groups is 1. The largest absolute Gasteiger partial charge is 0.476 e. The highest BCUT2D eigenvalue weighted by molar-refractivity contribution is 8.11. The average Bonchev–Trinajstić information content (AvgIpc) is 2.26. The van der Waals surface area contributed by atoms with Gasteiger partial charge in [-0.1, -0.05) is 0 Å². The molecule has 0 unspecified atom stereocenters. The zero-order chi connectivity index (χ0) is 10.1. The van der Waals surface area contributed by atoms with Crippen LogP contribution in [0.3, 0.4) is 0 Å². The topological polar surface area (TPSA) is 93.0 Å². The first kappa shape index (κ1) is 9.87. The van der Waals surface area contributed by atoms with Crippen LogP contribution in [0.2, 0.25) is 0 Å². The lowest BCUT2D eigenvalue weighted by Crippen LogP contribution is -2.19. The summed E-state index contributed by atoms with van der Waals surface area (Å²) in [4.78, 5) is 13.8. The molecule has 6 nitrogen and oxygen atoms in total. The lowest BCUT2D eigenvalue weighted by Gasteiger charge is -1.91. The highest BCUT2D eigenvalue weighted by Crippen LogP contribution is 2.14. The molecule has 0 spiro atoms. The maximum absolute atomic E-state index is 11.0. The normalized spacial score (nSPS) is 19.5. The Morgan fingerprint density at radius 3 is 2.69 bits per heavy atom. The molecule has 1 N–H and O–H groups in total. The van der Waals surface area contributed by atoms with Gasteiger partial charge in [-0.2, -0.15) is 0 Å². The van der Waals surface area contributed by atoms with Crippen molar-refractivity contribution in [1.82, 2.24) is 0 Å². The van der Waals surface area contributed by atoms with Crippen molar-refractivity contribution >= 4 is 20.9 Å². The van der Waals surface area contributed by atoms with Crippen LogP contribution in [0.15, 0.2) is 16.1 Å². The molecule has 0 aromatic rings. The Morgan fingerprint density at radius 1 is 1.69 bits per heavy atom. The zero-order valence-corrected chi connectivity index (χ0v) is 7.54. The molecule has 0 atom stereocenters. The molecule has 0 aromatic carbocycles. The van der Waals surface area contributed by atoms with E-state index in [1.165, 1.54) is 7.11 Å². The van der Waals surface area contributed by atoms with Gasteiger partial charge in [0.1, 0.15) is 0 Å². The van der Waals surface area contributed by atoms with E-state index in [1.54, 1.807) is 0 Å². The molecule has 0 amide bonds. The van der Waals surface area contributed by atoms with Gasteiger partial charge in [-0.3, -0.25) is 0 Å². The van der Waals surface area contributed by atoms with Gasteiger partial charge in [0.25, 0.3) is 0 Å². The molecule has 1 heterocycles. The molecule has 0 saturated heterocycles. The van der Waals surface area contributed by atoms with Crippen molar-refractivity contribution in [2.45, 2.75) is 0 Å². The van der Waals surface area contributed by atoms with Crippen LogP contribution in [0.4, 0.5) is 0 Å². The standard InChI is InChI=1S/C6H7NO5S/c1-12-2-4-3-13(10,11)5(7-4)6(8)9/h3H,2H2,1H3,(H,8,9). The van der Waals surface area contributed by atoms with E-state index in [9.17, 15) is 13.2 Å². The second-order valence-corrected chi connectivity index (χ2v) is 4.02. The van der Waals surface area contributed by atoms with Crippen LogP contribution in [-0.4, -0.2) is 38.3 Å². The molecule has 72 valence electrons. The molecule has 0 radical (unpaired) electrons. The molecular formula is C6H7NO5S. The van der Waals surface area contributed by atoms with E-state index >= 15 is 0 Å². The monoisotopic (exact) mass is 205 g/mol. The number of carboxylic acid groups (broad SMARTS) is 1. The van der Waals surface area contributed by atoms with Gasteiger partial charge in [0.2, 0.25) is 14.9 Å². The molecule has 13 heavy (non-hydrogen) atoms. The Labute approximate surface area is 74.5 Å². The van der Waals surface area contributed by atoms with Crippen LogP contribution in [0.1, 0.15) is 0 Å². The zero-order valence-electron chi connectivity index (χ0n) is 6.72. The summed E-state index contributed by atoms with van der Waals surface area (Å²) in [5.41, 5.74) is 0.0971. The van der Waals surface area contributed by atoms with Crippen LogP contribution < -0.4 is 0 Å². The summed E-state index contributed by atoms with van der Waals surface area (Å²) in [6.45, 7) is -0.0178. The first-order valence-corrected chi connectivity index (χ1v) is 4.78. The fourth-order valence-corrected chi connectivity index (χ4v) is 1.92. The van der Waals surface area contributed by atoms with Crippen molar-refractivity contribution in [3.63, 3.8) is 0 Å². The minimum atomic E-state index is -3.85. The Balaban J connectivity index is 3.05. The van der Waals surface area contributed by atoms with E-state index in [2.05, 4.69) is 9.73 Å². The number of methoxy groups -OCH3 is 1. The maximum Gasteiger partial charge on any atom is 0.366 e. The van der Waals surface area contributed by atoms with Crippen molar-refractivity contribution < 1.29 is 23.1 Å². The number of nitrogens with zero attached hydrogens (tertiary/aromatic N) is 1. The Morgan fingerprint density at radius 2 is 2.31 bits per heavy atom. The molecule has 1 aliphatic heterocycles. The quantitative estimate of drug-likeness (QED) is 0.663. The molecule has 0 aliphatic carbocycles. The van der Waals surface area contributed by atoms with E-state index < -0.39 is 20.9 Å². The van der Waals surface area contributed by atoms with E-state index in [0.717, 1.165) is 5.41 Å². The number of sulfone groups is 1. The van der Waals surface area contributed by atoms with Crippen molar-refractivity contribution in [2.75, 3.05) is 13.7 Å². The van der Waals surface area contributed by atoms with Crippen LogP contribution >= 0.6 is 0 Å². The lowest BCUT2D eigenvalue weighted by molar-refractivity contribution is -0.129. The summed E-state index contributed by atoms with van der Waals surface area (Å²) >= 11 is 0. The van der Waals surface area contributed by atoms with Crippen molar-refractivity contribution in [3.05, 3.63) is 11.1 Å². The second kappa shape index (κ2) is 3.27. The first-order chi connectivity index (χ1) is 5.97. The molecule has 0 saturated carbocycles. The fourth-order valence-electron chi connectivity index (χ4n) is 0.839. The van der Waals surface area contributed by atoms with Crippen LogP contribution in [0.25, 0.3) is 0 Å². The summed E-state index contributed by atoms with van der Waals surface area (Å²) < 4.78 is 26.7. The van der Waals surface area contributed by atoms with Gasteiger partial charge in [-0.25, -0.2) is 18.2 Å². The smallest absolute Gasteiger partial charge is 0.366 e. The number of rotatable bonds is 3. The van der Waals surface area contributed by atoms with Crippen LogP contribution in [0, 0.1) is 0 Å². The molecular weight excluding hydrogens is 198 g/mol. The van der Waals surface area contributed by atoms with Gasteiger partial charge in [0.15, 0.2) is 0 Å². The van der Waals surface area contributed by atoms with Gasteiger partial charge in [0, 0.05) is 7.11 Å². The lowest BCUT2D eigenvalue weighted by atomic mass is 10.5. The first-order valence-electron chi connectivity index (χ1n) is 3.24. The molecule has 0 aromatic heterocycles. The molecule has 1 aliphatic rings. The molecule has 0 bridgehead atoms. The Bertz CT molecular complexity index is 391. The van der Waals surface area contributed by atoms with E-state index in [-0.39, 0.29) is 12.3 Å². The summed E-state index contributed by atoms with van der Waals surface area (Å²) in [5.74, 6) is -1.55. The van der Waals surface area contributed by atoms with Crippen molar-refractivity contribution in [2.24, 2.45) is 4.99 Å². The van der Waals surface area contributed by atoms with Crippen molar-refractivity contribution in [1.29, 1.82) is 0 Å². The number of carboxylic acids is 1. The van der Waals surface area contributed by atoms with Crippen LogP contribution in [0.5, 0.6) is 0 Å². The highest BCUT2D eigenvalue weighted by Gasteiger charge is 2.30. The number of hydrogen-bond acceptors (Lipinski definition) is 5. The molecule has 1 rings (SSSR count).